The fourth-order valence-electron chi connectivity index (χ4n) is 3.08. The Morgan fingerprint density at radius 3 is 2.52 bits per heavy atom. The summed E-state index contributed by atoms with van der Waals surface area (Å²) in [5.41, 5.74) is 0. The molecule has 21 heavy (non-hydrogen) atoms. The molecule has 0 bridgehead atoms. The molecule has 6 nitrogen and oxygen atoms in total. The van der Waals surface area contributed by atoms with Crippen molar-refractivity contribution in [3.63, 3.8) is 0 Å². The lowest BCUT2D eigenvalue weighted by atomic mass is 9.94. The third kappa shape index (κ3) is 4.88. The van der Waals surface area contributed by atoms with E-state index in [2.05, 4.69) is 10.6 Å². The van der Waals surface area contributed by atoms with Gasteiger partial charge in [-0.05, 0) is 45.2 Å². The number of carbonyl (C=O) groups excluding carboxylic acids is 2. The molecule has 6 heteroatoms. The van der Waals surface area contributed by atoms with Crippen LogP contribution in [0.15, 0.2) is 0 Å². The molecule has 2 saturated heterocycles. The highest BCUT2D eigenvalue weighted by Gasteiger charge is 2.24. The van der Waals surface area contributed by atoms with Gasteiger partial charge >= 0.3 is 6.03 Å². The number of piperidine rings is 1. The van der Waals surface area contributed by atoms with E-state index in [1.165, 1.54) is 12.8 Å². The van der Waals surface area contributed by atoms with Crippen LogP contribution in [0, 0.1) is 5.92 Å². The predicted molar refractivity (Wildman–Crippen MR) is 82.1 cm³/mol. The molecule has 2 N–H and O–H groups in total. The molecule has 2 rings (SSSR count). The van der Waals surface area contributed by atoms with Gasteiger partial charge in [-0.3, -0.25) is 4.79 Å². The Kier molecular flexibility index (Phi) is 6.29. The first kappa shape index (κ1) is 16.1. The minimum Gasteiger partial charge on any atom is -0.339 e. The molecule has 2 aliphatic heterocycles. The second kappa shape index (κ2) is 8.22. The summed E-state index contributed by atoms with van der Waals surface area (Å²) in [6.45, 7) is 7.35. The lowest BCUT2D eigenvalue weighted by molar-refractivity contribution is -0.132. The van der Waals surface area contributed by atoms with Crippen LogP contribution in [0.4, 0.5) is 4.79 Å². The molecule has 0 aliphatic carbocycles. The van der Waals surface area contributed by atoms with Crippen LogP contribution < -0.4 is 10.6 Å². The van der Waals surface area contributed by atoms with Crippen molar-refractivity contribution in [2.45, 2.75) is 32.6 Å². The third-order valence-corrected chi connectivity index (χ3v) is 4.41. The molecule has 0 aromatic carbocycles. The zero-order valence-electron chi connectivity index (χ0n) is 13.1. The van der Waals surface area contributed by atoms with Gasteiger partial charge in [0, 0.05) is 39.1 Å². The average Bonchev–Trinajstić information content (AvgIpc) is 2.54. The Hall–Kier alpha value is -1.30. The Morgan fingerprint density at radius 1 is 1.19 bits per heavy atom. The minimum atomic E-state index is -0.0159. The molecular formula is C15H28N4O2. The molecule has 2 aliphatic rings. The van der Waals surface area contributed by atoms with Crippen LogP contribution in [-0.4, -0.2) is 67.6 Å². The quantitative estimate of drug-likeness (QED) is 0.800. The maximum absolute atomic E-state index is 12.2. The topological polar surface area (TPSA) is 64.7 Å². The maximum atomic E-state index is 12.2. The number of piperazine rings is 1. The summed E-state index contributed by atoms with van der Waals surface area (Å²) in [7, 11) is 0. The summed E-state index contributed by atoms with van der Waals surface area (Å²) in [6, 6.07) is -0.0159. The summed E-state index contributed by atoms with van der Waals surface area (Å²) in [5, 5.41) is 6.20. The van der Waals surface area contributed by atoms with Gasteiger partial charge in [-0.2, -0.15) is 0 Å². The Labute approximate surface area is 127 Å². The fourth-order valence-corrected chi connectivity index (χ4v) is 3.08. The lowest BCUT2D eigenvalue weighted by Crippen LogP contribution is -2.53. The molecule has 0 saturated carbocycles. The summed E-state index contributed by atoms with van der Waals surface area (Å²) in [6.07, 6.45) is 4.10. The second-order valence-electron chi connectivity index (χ2n) is 5.95. The first-order valence-corrected chi connectivity index (χ1v) is 8.22. The van der Waals surface area contributed by atoms with E-state index < -0.39 is 0 Å². The van der Waals surface area contributed by atoms with Gasteiger partial charge in [-0.25, -0.2) is 4.79 Å². The highest BCUT2D eigenvalue weighted by molar-refractivity contribution is 5.77. The average molecular weight is 296 g/mol. The molecule has 1 unspecified atom stereocenters. The molecular weight excluding hydrogens is 268 g/mol. The third-order valence-electron chi connectivity index (χ3n) is 4.41. The van der Waals surface area contributed by atoms with Gasteiger partial charge in [0.1, 0.15) is 0 Å². The van der Waals surface area contributed by atoms with Gasteiger partial charge in [0.05, 0.1) is 0 Å². The van der Waals surface area contributed by atoms with Crippen LogP contribution >= 0.6 is 0 Å². The number of hydrogen-bond donors (Lipinski definition) is 2. The van der Waals surface area contributed by atoms with Crippen molar-refractivity contribution < 1.29 is 9.59 Å². The van der Waals surface area contributed by atoms with E-state index in [1.54, 1.807) is 4.90 Å². The Balaban J connectivity index is 1.66. The normalized spacial score (nSPS) is 23.0. The van der Waals surface area contributed by atoms with E-state index in [9.17, 15) is 9.59 Å². The van der Waals surface area contributed by atoms with Crippen LogP contribution in [0.3, 0.4) is 0 Å². The van der Waals surface area contributed by atoms with Crippen molar-refractivity contribution in [1.82, 2.24) is 20.4 Å². The molecule has 120 valence electrons. The van der Waals surface area contributed by atoms with Crippen LogP contribution in [0.5, 0.6) is 0 Å². The van der Waals surface area contributed by atoms with Crippen molar-refractivity contribution in [3.05, 3.63) is 0 Å². The lowest BCUT2D eigenvalue weighted by Gasteiger charge is -2.35. The van der Waals surface area contributed by atoms with Gasteiger partial charge in [0.25, 0.3) is 0 Å². The standard InChI is InChI=1S/C15H28N4O2/c1-2-17-15(21)19-10-8-18(9-11-19)14(20)6-5-13-4-3-7-16-12-13/h13,16H,2-12H2,1H3,(H,17,21). The predicted octanol–water partition coefficient (Wildman–Crippen LogP) is 0.640. The highest BCUT2D eigenvalue weighted by Crippen LogP contribution is 2.17. The van der Waals surface area contributed by atoms with Crippen molar-refractivity contribution in [2.75, 3.05) is 45.8 Å². The van der Waals surface area contributed by atoms with Crippen LogP contribution in [-0.2, 0) is 4.79 Å². The number of amides is 3. The Morgan fingerprint density at radius 2 is 1.90 bits per heavy atom. The van der Waals surface area contributed by atoms with Gasteiger partial charge in [-0.15, -0.1) is 0 Å². The zero-order chi connectivity index (χ0) is 15.1. The number of hydrogen-bond acceptors (Lipinski definition) is 3. The van der Waals surface area contributed by atoms with Crippen LogP contribution in [0.25, 0.3) is 0 Å². The Bertz CT molecular complexity index is 348. The first-order chi connectivity index (χ1) is 10.2. The summed E-state index contributed by atoms with van der Waals surface area (Å²) >= 11 is 0. The molecule has 0 spiro atoms. The van der Waals surface area contributed by atoms with E-state index in [0.717, 1.165) is 19.5 Å². The van der Waals surface area contributed by atoms with Gasteiger partial charge in [0.15, 0.2) is 0 Å². The number of nitrogens with one attached hydrogen (secondary N) is 2. The van der Waals surface area contributed by atoms with Gasteiger partial charge < -0.3 is 20.4 Å². The van der Waals surface area contributed by atoms with E-state index >= 15 is 0 Å². The molecule has 1 atom stereocenters. The number of carbonyl (C=O) groups is 2. The van der Waals surface area contributed by atoms with Crippen molar-refractivity contribution in [3.8, 4) is 0 Å². The highest BCUT2D eigenvalue weighted by atomic mass is 16.2. The largest absolute Gasteiger partial charge is 0.339 e. The number of rotatable bonds is 4. The smallest absolute Gasteiger partial charge is 0.317 e. The zero-order valence-corrected chi connectivity index (χ0v) is 13.1. The monoisotopic (exact) mass is 296 g/mol. The van der Waals surface area contributed by atoms with Gasteiger partial charge in [0.2, 0.25) is 5.91 Å². The molecule has 0 aromatic rings. The van der Waals surface area contributed by atoms with Crippen molar-refractivity contribution in [1.29, 1.82) is 0 Å². The van der Waals surface area contributed by atoms with Crippen LogP contribution in [0.2, 0.25) is 0 Å². The van der Waals surface area contributed by atoms with E-state index in [0.29, 0.717) is 45.1 Å². The molecule has 2 fully saturated rings. The number of urea groups is 1. The minimum absolute atomic E-state index is 0.0159. The first-order valence-electron chi connectivity index (χ1n) is 8.22. The summed E-state index contributed by atoms with van der Waals surface area (Å²) in [4.78, 5) is 27.6. The van der Waals surface area contributed by atoms with Gasteiger partial charge in [-0.1, -0.05) is 0 Å². The summed E-state index contributed by atoms with van der Waals surface area (Å²) < 4.78 is 0. The number of nitrogens with zero attached hydrogens (tertiary/aromatic N) is 2. The van der Waals surface area contributed by atoms with E-state index in [1.807, 2.05) is 11.8 Å². The van der Waals surface area contributed by atoms with Crippen molar-refractivity contribution in [2.24, 2.45) is 5.92 Å². The van der Waals surface area contributed by atoms with Crippen LogP contribution in [0.1, 0.15) is 32.6 Å². The van der Waals surface area contributed by atoms with E-state index in [-0.39, 0.29) is 11.9 Å². The molecule has 0 radical (unpaired) electrons. The molecule has 2 heterocycles. The van der Waals surface area contributed by atoms with Crippen molar-refractivity contribution >= 4 is 11.9 Å². The molecule has 3 amide bonds. The van der Waals surface area contributed by atoms with E-state index in [4.69, 9.17) is 0 Å². The summed E-state index contributed by atoms with van der Waals surface area (Å²) in [5.74, 6) is 0.899. The molecule has 0 aromatic heterocycles. The SMILES string of the molecule is CCNC(=O)N1CCN(C(=O)CCC2CCCNC2)CC1. The fraction of sp³-hybridized carbons (Fsp3) is 0.867. The second-order valence-corrected chi connectivity index (χ2v) is 5.95. The maximum Gasteiger partial charge on any atom is 0.317 e.